The van der Waals surface area contributed by atoms with E-state index in [4.69, 9.17) is 4.74 Å². The molecule has 0 saturated carbocycles. The van der Waals surface area contributed by atoms with E-state index in [2.05, 4.69) is 5.32 Å². The number of esters is 1. The molecular weight excluding hydrogens is 510 g/mol. The average Bonchev–Trinajstić information content (AvgIpc) is 3.32. The number of benzene rings is 3. The summed E-state index contributed by atoms with van der Waals surface area (Å²) < 4.78 is 5.23. The molecular formula is C27H21N3O7S. The summed E-state index contributed by atoms with van der Waals surface area (Å²) >= 11 is 1.13. The predicted molar refractivity (Wildman–Crippen MR) is 143 cm³/mol. The van der Waals surface area contributed by atoms with Crippen molar-refractivity contribution in [3.8, 4) is 22.3 Å². The van der Waals surface area contributed by atoms with Gasteiger partial charge in [-0.25, -0.2) is 4.79 Å². The zero-order valence-electron chi connectivity index (χ0n) is 20.1. The molecule has 0 spiro atoms. The Kier molecular flexibility index (Phi) is 7.88. The largest absolute Gasteiger partial charge is 0.462 e. The molecule has 4 rings (SSSR count). The van der Waals surface area contributed by atoms with Gasteiger partial charge in [0.05, 0.1) is 28.9 Å². The normalized spacial score (nSPS) is 10.6. The summed E-state index contributed by atoms with van der Waals surface area (Å²) in [6.07, 6.45) is -0.421. The van der Waals surface area contributed by atoms with E-state index in [0.29, 0.717) is 5.56 Å². The Balaban J connectivity index is 1.62. The van der Waals surface area contributed by atoms with Gasteiger partial charge >= 0.3 is 5.97 Å². The highest BCUT2D eigenvalue weighted by atomic mass is 32.1. The number of anilines is 1. The van der Waals surface area contributed by atoms with Gasteiger partial charge in [-0.3, -0.25) is 25.0 Å². The van der Waals surface area contributed by atoms with Gasteiger partial charge in [-0.05, 0) is 29.7 Å². The number of carbonyl (C=O) groups excluding carboxylic acids is 2. The van der Waals surface area contributed by atoms with Crippen LogP contribution < -0.4 is 5.32 Å². The zero-order chi connectivity index (χ0) is 27.2. The van der Waals surface area contributed by atoms with E-state index in [0.717, 1.165) is 40.2 Å². The molecule has 0 radical (unpaired) electrons. The van der Waals surface area contributed by atoms with Gasteiger partial charge in [-0.15, -0.1) is 11.3 Å². The summed E-state index contributed by atoms with van der Waals surface area (Å²) in [6.45, 7) is 1.80. The number of hydrogen-bond donors (Lipinski definition) is 1. The minimum atomic E-state index is -0.776. The van der Waals surface area contributed by atoms with Crippen molar-refractivity contribution < 1.29 is 24.2 Å². The van der Waals surface area contributed by atoms with E-state index in [-0.39, 0.29) is 22.7 Å². The van der Waals surface area contributed by atoms with Crippen LogP contribution in [-0.4, -0.2) is 28.3 Å². The second-order valence-electron chi connectivity index (χ2n) is 8.07. The second-order valence-corrected chi connectivity index (χ2v) is 8.95. The Labute approximate surface area is 220 Å². The van der Waals surface area contributed by atoms with Crippen molar-refractivity contribution >= 4 is 39.6 Å². The summed E-state index contributed by atoms with van der Waals surface area (Å²) in [5.74, 6) is -1.24. The Bertz CT molecular complexity index is 1520. The van der Waals surface area contributed by atoms with E-state index in [1.807, 2.05) is 54.6 Å². The van der Waals surface area contributed by atoms with Crippen LogP contribution in [0.15, 0.2) is 78.2 Å². The molecule has 0 atom stereocenters. The first-order valence-corrected chi connectivity index (χ1v) is 12.3. The molecule has 0 aliphatic rings. The molecule has 0 saturated heterocycles. The van der Waals surface area contributed by atoms with Gasteiger partial charge in [-0.2, -0.15) is 0 Å². The Morgan fingerprint density at radius 3 is 2.18 bits per heavy atom. The third-order valence-corrected chi connectivity index (χ3v) is 6.55. The molecule has 11 heteroatoms. The van der Waals surface area contributed by atoms with E-state index in [1.165, 1.54) is 6.07 Å². The number of rotatable bonds is 9. The molecule has 192 valence electrons. The number of thiophene rings is 1. The van der Waals surface area contributed by atoms with Crippen LogP contribution in [0.4, 0.5) is 16.4 Å². The molecule has 38 heavy (non-hydrogen) atoms. The fourth-order valence-corrected chi connectivity index (χ4v) is 4.84. The third-order valence-electron chi connectivity index (χ3n) is 5.65. The summed E-state index contributed by atoms with van der Waals surface area (Å²) in [7, 11) is 0. The maximum absolute atomic E-state index is 12.9. The fraction of sp³-hybridized carbons (Fsp3) is 0.111. The maximum atomic E-state index is 12.9. The zero-order valence-corrected chi connectivity index (χ0v) is 20.9. The van der Waals surface area contributed by atoms with Gasteiger partial charge in [0.15, 0.2) is 0 Å². The Morgan fingerprint density at radius 2 is 1.55 bits per heavy atom. The molecule has 3 aromatic carbocycles. The van der Waals surface area contributed by atoms with Crippen LogP contribution in [-0.2, 0) is 16.0 Å². The van der Waals surface area contributed by atoms with E-state index < -0.39 is 39.5 Å². The summed E-state index contributed by atoms with van der Waals surface area (Å²) in [4.78, 5) is 46.6. The lowest BCUT2D eigenvalue weighted by Crippen LogP contribution is -2.17. The number of non-ortho nitro benzene ring substituents is 1. The third kappa shape index (κ3) is 5.73. The Hall–Kier alpha value is -4.90. The number of nitro groups is 2. The van der Waals surface area contributed by atoms with Gasteiger partial charge < -0.3 is 10.1 Å². The van der Waals surface area contributed by atoms with Crippen LogP contribution in [0.1, 0.15) is 22.8 Å². The van der Waals surface area contributed by atoms with E-state index >= 15 is 0 Å². The van der Waals surface area contributed by atoms with Gasteiger partial charge in [0, 0.05) is 22.6 Å². The monoisotopic (exact) mass is 531 g/mol. The standard InChI is InChI=1S/C27H21N3O7S/c1-2-37-27(32)25-22(19-10-8-18(9-11-19)17-6-4-3-5-7-17)16-38-26(25)28-24(31)14-20-12-13-21(29(33)34)15-23(20)30(35)36/h3-13,15-16H,2,14H2,1H3,(H,28,31). The lowest BCUT2D eigenvalue weighted by Gasteiger charge is -2.10. The molecule has 0 aliphatic carbocycles. The first-order valence-electron chi connectivity index (χ1n) is 11.4. The molecule has 0 fully saturated rings. The van der Waals surface area contributed by atoms with Crippen molar-refractivity contribution in [2.45, 2.75) is 13.3 Å². The number of carbonyl (C=O) groups is 2. The van der Waals surface area contributed by atoms with Crippen molar-refractivity contribution in [3.05, 3.63) is 110 Å². The highest BCUT2D eigenvalue weighted by Gasteiger charge is 2.25. The van der Waals surface area contributed by atoms with E-state index in [9.17, 15) is 29.8 Å². The first-order chi connectivity index (χ1) is 18.3. The number of ether oxygens (including phenoxy) is 1. The van der Waals surface area contributed by atoms with Crippen LogP contribution in [0.25, 0.3) is 22.3 Å². The number of nitro benzene ring substituents is 2. The Morgan fingerprint density at radius 1 is 0.895 bits per heavy atom. The summed E-state index contributed by atoms with van der Waals surface area (Å²) in [5, 5.41) is 27.0. The van der Waals surface area contributed by atoms with Crippen LogP contribution in [0.2, 0.25) is 0 Å². The van der Waals surface area contributed by atoms with Crippen LogP contribution in [0, 0.1) is 20.2 Å². The SMILES string of the molecule is CCOC(=O)c1c(-c2ccc(-c3ccccc3)cc2)csc1NC(=O)Cc1ccc([N+](=O)[O-])cc1[N+](=O)[O-]. The minimum absolute atomic E-state index is 0.00376. The first kappa shape index (κ1) is 26.2. The van der Waals surface area contributed by atoms with Crippen LogP contribution in [0.3, 0.4) is 0 Å². The smallest absolute Gasteiger partial charge is 0.341 e. The molecule has 10 nitrogen and oxygen atoms in total. The molecule has 1 N–H and O–H groups in total. The second kappa shape index (κ2) is 11.4. The predicted octanol–water partition coefficient (Wildman–Crippen LogP) is 6.26. The number of amides is 1. The van der Waals surface area contributed by atoms with Crippen molar-refractivity contribution in [1.29, 1.82) is 0 Å². The van der Waals surface area contributed by atoms with Crippen molar-refractivity contribution in [1.82, 2.24) is 0 Å². The minimum Gasteiger partial charge on any atom is -0.462 e. The van der Waals surface area contributed by atoms with Gasteiger partial charge in [0.25, 0.3) is 11.4 Å². The number of nitrogens with zero attached hydrogens (tertiary/aromatic N) is 2. The molecule has 1 amide bonds. The summed E-state index contributed by atoms with van der Waals surface area (Å²) in [6, 6.07) is 20.5. The summed E-state index contributed by atoms with van der Waals surface area (Å²) in [5.41, 5.74) is 2.56. The molecule has 4 aromatic rings. The molecule has 1 heterocycles. The van der Waals surface area contributed by atoms with Crippen LogP contribution >= 0.6 is 11.3 Å². The molecule has 0 unspecified atom stereocenters. The topological polar surface area (TPSA) is 142 Å². The van der Waals surface area contributed by atoms with Crippen molar-refractivity contribution in [2.75, 3.05) is 11.9 Å². The van der Waals surface area contributed by atoms with Gasteiger partial charge in [-0.1, -0.05) is 54.6 Å². The van der Waals surface area contributed by atoms with Crippen molar-refractivity contribution in [3.63, 3.8) is 0 Å². The van der Waals surface area contributed by atoms with Crippen molar-refractivity contribution in [2.24, 2.45) is 0 Å². The van der Waals surface area contributed by atoms with Gasteiger partial charge in [0.1, 0.15) is 10.6 Å². The van der Waals surface area contributed by atoms with E-state index in [1.54, 1.807) is 12.3 Å². The fourth-order valence-electron chi connectivity index (χ4n) is 3.87. The van der Waals surface area contributed by atoms with Gasteiger partial charge in [0.2, 0.25) is 5.91 Å². The average molecular weight is 532 g/mol. The lowest BCUT2D eigenvalue weighted by molar-refractivity contribution is -0.394. The maximum Gasteiger partial charge on any atom is 0.341 e. The number of hydrogen-bond acceptors (Lipinski definition) is 8. The highest BCUT2D eigenvalue weighted by molar-refractivity contribution is 7.15. The van der Waals surface area contributed by atoms with Crippen LogP contribution in [0.5, 0.6) is 0 Å². The molecule has 0 aliphatic heterocycles. The lowest BCUT2D eigenvalue weighted by atomic mass is 9.99. The quantitative estimate of drug-likeness (QED) is 0.153. The highest BCUT2D eigenvalue weighted by Crippen LogP contribution is 2.37. The molecule has 1 aromatic heterocycles. The molecule has 0 bridgehead atoms. The number of nitrogens with one attached hydrogen (secondary N) is 1.